The molecule has 5 nitrogen and oxygen atoms in total. The summed E-state index contributed by atoms with van der Waals surface area (Å²) in [6.45, 7) is 2.58. The molecule has 2 N–H and O–H groups in total. The van der Waals surface area contributed by atoms with Crippen LogP contribution in [0.5, 0.6) is 5.75 Å². The van der Waals surface area contributed by atoms with E-state index in [2.05, 4.69) is 9.97 Å². The van der Waals surface area contributed by atoms with Crippen molar-refractivity contribution in [2.75, 3.05) is 12.4 Å². The van der Waals surface area contributed by atoms with Crippen LogP contribution in [0.1, 0.15) is 19.2 Å². The lowest BCUT2D eigenvalue weighted by molar-refractivity contribution is -0.136. The maximum atomic E-state index is 10.4. The third-order valence-electron chi connectivity index (χ3n) is 2.51. The quantitative estimate of drug-likeness (QED) is 0.763. The summed E-state index contributed by atoms with van der Waals surface area (Å²) in [6, 6.07) is 5.74. The van der Waals surface area contributed by atoms with E-state index < -0.39 is 5.97 Å². The van der Waals surface area contributed by atoms with Crippen molar-refractivity contribution in [3.63, 3.8) is 0 Å². The topological polar surface area (TPSA) is 75.2 Å². The van der Waals surface area contributed by atoms with Crippen LogP contribution in [-0.4, -0.2) is 33.4 Å². The fraction of sp³-hybridized carbons (Fsp3) is 0.385. The van der Waals surface area contributed by atoms with Gasteiger partial charge in [0, 0.05) is 11.8 Å². The van der Waals surface area contributed by atoms with Gasteiger partial charge in [0.2, 0.25) is 0 Å². The third kappa shape index (κ3) is 3.89. The number of carbonyl (C=O) groups is 1. The summed E-state index contributed by atoms with van der Waals surface area (Å²) >= 11 is 1.56. The molecule has 0 aliphatic rings. The predicted octanol–water partition coefficient (Wildman–Crippen LogP) is 2.67. The van der Waals surface area contributed by atoms with Gasteiger partial charge in [-0.05, 0) is 19.1 Å². The van der Waals surface area contributed by atoms with Crippen molar-refractivity contribution in [2.45, 2.75) is 19.1 Å². The summed E-state index contributed by atoms with van der Waals surface area (Å²) in [5.41, 5.74) is 1.84. The van der Waals surface area contributed by atoms with E-state index in [0.29, 0.717) is 18.1 Å². The molecule has 0 spiro atoms. The molecule has 0 atom stereocenters. The average Bonchev–Trinajstić information content (AvgIpc) is 2.77. The molecule has 1 aromatic heterocycles. The predicted molar refractivity (Wildman–Crippen MR) is 75.7 cm³/mol. The number of thioether (sulfide) groups is 1. The largest absolute Gasteiger partial charge is 0.494 e. The van der Waals surface area contributed by atoms with Crippen LogP contribution >= 0.6 is 11.8 Å². The number of H-pyrrole nitrogens is 1. The van der Waals surface area contributed by atoms with Gasteiger partial charge in [-0.25, -0.2) is 4.98 Å². The Labute approximate surface area is 115 Å². The molecular weight excluding hydrogens is 264 g/mol. The van der Waals surface area contributed by atoms with Crippen LogP contribution in [0.4, 0.5) is 0 Å². The molecule has 0 fully saturated rings. The number of hydrogen-bond acceptors (Lipinski definition) is 4. The first-order chi connectivity index (χ1) is 9.19. The van der Waals surface area contributed by atoms with Crippen molar-refractivity contribution < 1.29 is 14.6 Å². The number of hydrogen-bond donors (Lipinski definition) is 2. The van der Waals surface area contributed by atoms with Gasteiger partial charge < -0.3 is 14.8 Å². The van der Waals surface area contributed by atoms with E-state index in [1.54, 1.807) is 11.8 Å². The van der Waals surface area contributed by atoms with E-state index in [0.717, 1.165) is 22.6 Å². The standard InChI is InChI=1S/C13H16N2O3S/c1-2-18-9-3-4-10-11(7-9)15-12(14-10)8-19-6-5-13(16)17/h3-4,7H,2,5-6,8H2,1H3,(H,14,15)(H,16,17). The molecule has 0 amide bonds. The number of nitrogens with zero attached hydrogens (tertiary/aromatic N) is 1. The second-order valence-electron chi connectivity index (χ2n) is 3.99. The highest BCUT2D eigenvalue weighted by atomic mass is 32.2. The summed E-state index contributed by atoms with van der Waals surface area (Å²) in [7, 11) is 0. The number of carboxylic acids is 1. The molecule has 102 valence electrons. The molecule has 0 unspecified atom stereocenters. The first-order valence-electron chi connectivity index (χ1n) is 6.10. The Morgan fingerprint density at radius 1 is 1.53 bits per heavy atom. The fourth-order valence-corrected chi connectivity index (χ4v) is 2.49. The van der Waals surface area contributed by atoms with Crippen molar-refractivity contribution in [3.05, 3.63) is 24.0 Å². The van der Waals surface area contributed by atoms with Crippen molar-refractivity contribution in [3.8, 4) is 5.75 Å². The molecule has 2 aromatic rings. The molecule has 0 saturated heterocycles. The van der Waals surface area contributed by atoms with Crippen LogP contribution in [0.25, 0.3) is 11.0 Å². The summed E-state index contributed by atoms with van der Waals surface area (Å²) in [6.07, 6.45) is 0.180. The fourth-order valence-electron chi connectivity index (χ4n) is 1.69. The summed E-state index contributed by atoms with van der Waals surface area (Å²) in [5, 5.41) is 8.56. The van der Waals surface area contributed by atoms with Gasteiger partial charge in [-0.1, -0.05) is 0 Å². The van der Waals surface area contributed by atoms with Gasteiger partial charge in [0.05, 0.1) is 29.8 Å². The number of aromatic amines is 1. The number of carboxylic acid groups (broad SMARTS) is 1. The maximum absolute atomic E-state index is 10.4. The molecule has 1 aromatic carbocycles. The van der Waals surface area contributed by atoms with Gasteiger partial charge in [-0.15, -0.1) is 0 Å². The zero-order valence-corrected chi connectivity index (χ0v) is 11.5. The van der Waals surface area contributed by atoms with Crippen molar-refractivity contribution in [1.29, 1.82) is 0 Å². The second-order valence-corrected chi connectivity index (χ2v) is 5.10. The number of aromatic nitrogens is 2. The Balaban J connectivity index is 1.98. The van der Waals surface area contributed by atoms with E-state index in [4.69, 9.17) is 9.84 Å². The van der Waals surface area contributed by atoms with Crippen molar-refractivity contribution in [1.82, 2.24) is 9.97 Å². The minimum absolute atomic E-state index is 0.180. The van der Waals surface area contributed by atoms with Crippen molar-refractivity contribution >= 4 is 28.8 Å². The lowest BCUT2D eigenvalue weighted by atomic mass is 10.3. The molecule has 0 saturated carbocycles. The summed E-state index contributed by atoms with van der Waals surface area (Å²) < 4.78 is 5.43. The highest BCUT2D eigenvalue weighted by molar-refractivity contribution is 7.98. The Morgan fingerprint density at radius 2 is 2.37 bits per heavy atom. The summed E-state index contributed by atoms with van der Waals surface area (Å²) in [5.74, 6) is 2.20. The maximum Gasteiger partial charge on any atom is 0.304 e. The molecule has 6 heteroatoms. The Hall–Kier alpha value is -1.69. The van der Waals surface area contributed by atoms with E-state index in [-0.39, 0.29) is 6.42 Å². The first kappa shape index (κ1) is 13.7. The van der Waals surface area contributed by atoms with Crippen LogP contribution in [0.15, 0.2) is 18.2 Å². The Morgan fingerprint density at radius 3 is 3.11 bits per heavy atom. The zero-order chi connectivity index (χ0) is 13.7. The lowest BCUT2D eigenvalue weighted by Gasteiger charge is -2.00. The smallest absolute Gasteiger partial charge is 0.304 e. The third-order valence-corrected chi connectivity index (χ3v) is 3.48. The normalized spacial score (nSPS) is 10.8. The monoisotopic (exact) mass is 280 g/mol. The van der Waals surface area contributed by atoms with Gasteiger partial charge in [-0.3, -0.25) is 4.79 Å². The van der Waals surface area contributed by atoms with Crippen LogP contribution in [0.3, 0.4) is 0 Å². The Kier molecular flexibility index (Phi) is 4.68. The van der Waals surface area contributed by atoms with Gasteiger partial charge in [0.1, 0.15) is 11.6 Å². The molecule has 1 heterocycles. The van der Waals surface area contributed by atoms with Crippen LogP contribution in [-0.2, 0) is 10.5 Å². The molecule has 19 heavy (non-hydrogen) atoms. The molecular formula is C13H16N2O3S. The molecule has 0 aliphatic carbocycles. The minimum atomic E-state index is -0.765. The number of ether oxygens (including phenoxy) is 1. The number of aliphatic carboxylic acids is 1. The van der Waals surface area contributed by atoms with E-state index in [1.807, 2.05) is 25.1 Å². The molecule has 2 rings (SSSR count). The SMILES string of the molecule is CCOc1ccc2nc(CSCCC(=O)O)[nH]c2c1. The minimum Gasteiger partial charge on any atom is -0.494 e. The van der Waals surface area contributed by atoms with E-state index >= 15 is 0 Å². The van der Waals surface area contributed by atoms with Gasteiger partial charge in [-0.2, -0.15) is 11.8 Å². The average molecular weight is 280 g/mol. The van der Waals surface area contributed by atoms with Gasteiger partial charge in [0.15, 0.2) is 0 Å². The zero-order valence-electron chi connectivity index (χ0n) is 10.7. The highest BCUT2D eigenvalue weighted by Crippen LogP contribution is 2.20. The number of benzene rings is 1. The van der Waals surface area contributed by atoms with Gasteiger partial charge in [0.25, 0.3) is 0 Å². The van der Waals surface area contributed by atoms with E-state index in [1.165, 1.54) is 0 Å². The second kappa shape index (κ2) is 6.47. The summed E-state index contributed by atoms with van der Waals surface area (Å²) in [4.78, 5) is 18.1. The lowest BCUT2D eigenvalue weighted by Crippen LogP contribution is -1.96. The van der Waals surface area contributed by atoms with Crippen LogP contribution < -0.4 is 4.74 Å². The number of rotatable bonds is 7. The molecule has 0 bridgehead atoms. The molecule has 0 radical (unpaired) electrons. The van der Waals surface area contributed by atoms with Crippen LogP contribution in [0, 0.1) is 0 Å². The Bertz CT molecular complexity index is 568. The van der Waals surface area contributed by atoms with E-state index in [9.17, 15) is 4.79 Å². The molecule has 0 aliphatic heterocycles. The first-order valence-corrected chi connectivity index (χ1v) is 7.25. The van der Waals surface area contributed by atoms with Crippen molar-refractivity contribution in [2.24, 2.45) is 0 Å². The highest BCUT2D eigenvalue weighted by Gasteiger charge is 2.05. The van der Waals surface area contributed by atoms with Crippen LogP contribution in [0.2, 0.25) is 0 Å². The number of imidazole rings is 1. The van der Waals surface area contributed by atoms with Gasteiger partial charge >= 0.3 is 5.97 Å². The number of fused-ring (bicyclic) bond motifs is 1. The number of nitrogens with one attached hydrogen (secondary N) is 1.